The number of nitrogens with zero attached hydrogens (tertiary/aromatic N) is 5. The topological polar surface area (TPSA) is 84.5 Å². The summed E-state index contributed by atoms with van der Waals surface area (Å²) in [5.74, 6) is -0.818. The van der Waals surface area contributed by atoms with Crippen molar-refractivity contribution in [2.75, 3.05) is 5.43 Å². The Morgan fingerprint density at radius 1 is 1.19 bits per heavy atom. The number of anilines is 1. The molecule has 0 fully saturated rings. The van der Waals surface area contributed by atoms with E-state index in [0.29, 0.717) is 17.0 Å². The number of unbranched alkanes of at least 4 members (excludes halogenated alkanes) is 1. The van der Waals surface area contributed by atoms with Crippen LogP contribution in [-0.4, -0.2) is 26.9 Å². The number of alkyl halides is 3. The maximum absolute atomic E-state index is 13.4. The Hall–Kier alpha value is -3.34. The molecule has 0 aliphatic carbocycles. The fourth-order valence-electron chi connectivity index (χ4n) is 3.10. The molecule has 0 bridgehead atoms. The number of carbonyl (C=O) groups is 1. The van der Waals surface area contributed by atoms with Gasteiger partial charge in [0.25, 0.3) is 5.91 Å². The van der Waals surface area contributed by atoms with Gasteiger partial charge in [0.05, 0.1) is 28.7 Å². The first-order valence-corrected chi connectivity index (χ1v) is 12.3. The highest BCUT2D eigenvalue weighted by atomic mass is 32.1. The first-order chi connectivity index (χ1) is 16.9. The molecule has 0 spiro atoms. The van der Waals surface area contributed by atoms with Crippen LogP contribution in [0, 0.1) is 6.92 Å². The van der Waals surface area contributed by atoms with Crippen LogP contribution in [-0.2, 0) is 18.1 Å². The van der Waals surface area contributed by atoms with Crippen molar-refractivity contribution >= 4 is 29.1 Å². The summed E-state index contributed by atoms with van der Waals surface area (Å²) in [5.41, 5.74) is 2.65. The molecule has 0 aliphatic rings. The predicted molar refractivity (Wildman–Crippen MR) is 135 cm³/mol. The monoisotopic (exact) mass is 518 g/mol. The van der Waals surface area contributed by atoms with E-state index in [1.165, 1.54) is 23.6 Å². The lowest BCUT2D eigenvalue weighted by molar-refractivity contribution is -0.137. The van der Waals surface area contributed by atoms with Crippen molar-refractivity contribution < 1.29 is 18.0 Å². The number of hydrogen-bond acceptors (Lipinski definition) is 6. The number of hydrazone groups is 1. The third-order valence-electron chi connectivity index (χ3n) is 5.05. The van der Waals surface area contributed by atoms with E-state index < -0.39 is 17.6 Å². The molecule has 1 amide bonds. The summed E-state index contributed by atoms with van der Waals surface area (Å²) in [7, 11) is 0. The zero-order chi connectivity index (χ0) is 26.5. The lowest BCUT2D eigenvalue weighted by Crippen LogP contribution is -2.19. The molecule has 0 saturated heterocycles. The first-order valence-electron chi connectivity index (χ1n) is 11.5. The Morgan fingerprint density at radius 2 is 1.94 bits per heavy atom. The van der Waals surface area contributed by atoms with Crippen LogP contribution >= 0.6 is 11.3 Å². The first kappa shape index (κ1) is 27.3. The van der Waals surface area contributed by atoms with Gasteiger partial charge in [-0.05, 0) is 43.7 Å². The predicted octanol–water partition coefficient (Wildman–Crippen LogP) is 5.95. The molecular formula is C25H29F3N6OS. The average Bonchev–Trinajstić information content (AvgIpc) is 3.20. The second kappa shape index (κ2) is 11.2. The molecule has 0 radical (unpaired) electrons. The fraction of sp³-hybridized carbons (Fsp3) is 0.400. The molecule has 0 saturated carbocycles. The summed E-state index contributed by atoms with van der Waals surface area (Å²) in [6.45, 7) is 10.4. The number of carbonyl (C=O) groups excluding carboxylic acids is 1. The van der Waals surface area contributed by atoms with Crippen LogP contribution in [0.4, 0.5) is 18.9 Å². The highest BCUT2D eigenvalue weighted by Crippen LogP contribution is 2.32. The normalized spacial score (nSPS) is 12.9. The van der Waals surface area contributed by atoms with E-state index in [2.05, 4.69) is 25.6 Å². The molecule has 11 heteroatoms. The zero-order valence-electron chi connectivity index (χ0n) is 20.8. The van der Waals surface area contributed by atoms with Crippen LogP contribution in [0.5, 0.6) is 0 Å². The van der Waals surface area contributed by atoms with E-state index in [0.717, 1.165) is 35.7 Å². The van der Waals surface area contributed by atoms with Crippen molar-refractivity contribution in [3.63, 3.8) is 0 Å². The summed E-state index contributed by atoms with van der Waals surface area (Å²) in [5, 5.41) is 9.44. The van der Waals surface area contributed by atoms with Crippen LogP contribution in [0.1, 0.15) is 72.9 Å². The van der Waals surface area contributed by atoms with E-state index in [4.69, 9.17) is 0 Å². The maximum atomic E-state index is 13.4. The standard InChI is InChI=1S/C25H29F3N6OS/c1-6-7-13-34-23(36-22(33-34)24(3,4)5)31-21(35)19-14-17(25(26,27)28)11-12-20(19)32-29-15-18-10-8-9-16(2)30-18/h8-12,14-15,32H,6-7,13H2,1-5H3. The Kier molecular flexibility index (Phi) is 8.44. The summed E-state index contributed by atoms with van der Waals surface area (Å²) in [6, 6.07) is 8.23. The number of aromatic nitrogens is 3. The Morgan fingerprint density at radius 3 is 2.58 bits per heavy atom. The van der Waals surface area contributed by atoms with Crippen molar-refractivity contribution in [3.05, 3.63) is 68.7 Å². The van der Waals surface area contributed by atoms with Crippen LogP contribution < -0.4 is 10.2 Å². The van der Waals surface area contributed by atoms with E-state index in [9.17, 15) is 18.0 Å². The quantitative estimate of drug-likeness (QED) is 0.309. The van der Waals surface area contributed by atoms with Gasteiger partial charge in [-0.3, -0.25) is 15.2 Å². The van der Waals surface area contributed by atoms with E-state index in [1.807, 2.05) is 46.8 Å². The highest BCUT2D eigenvalue weighted by Gasteiger charge is 2.32. The zero-order valence-corrected chi connectivity index (χ0v) is 21.7. The smallest absolute Gasteiger partial charge is 0.278 e. The Labute approximate surface area is 211 Å². The third-order valence-corrected chi connectivity index (χ3v) is 6.42. The maximum Gasteiger partial charge on any atom is 0.416 e. The van der Waals surface area contributed by atoms with E-state index in [1.54, 1.807) is 10.7 Å². The van der Waals surface area contributed by atoms with Crippen LogP contribution in [0.25, 0.3) is 0 Å². The fourth-order valence-corrected chi connectivity index (χ4v) is 4.08. The lowest BCUT2D eigenvalue weighted by Gasteiger charge is -2.12. The number of halogens is 3. The molecule has 36 heavy (non-hydrogen) atoms. The second-order valence-electron chi connectivity index (χ2n) is 9.27. The van der Waals surface area contributed by atoms with Crippen LogP contribution in [0.3, 0.4) is 0 Å². The number of benzene rings is 1. The minimum absolute atomic E-state index is 0.0984. The van der Waals surface area contributed by atoms with Gasteiger partial charge >= 0.3 is 6.18 Å². The third kappa shape index (κ3) is 7.09. The molecule has 1 N–H and O–H groups in total. The van der Waals surface area contributed by atoms with Gasteiger partial charge in [0.15, 0.2) is 0 Å². The number of pyridine rings is 1. The molecule has 3 aromatic rings. The van der Waals surface area contributed by atoms with Gasteiger partial charge in [-0.25, -0.2) is 4.68 Å². The summed E-state index contributed by atoms with van der Waals surface area (Å²) >= 11 is 1.26. The lowest BCUT2D eigenvalue weighted by atomic mass is 9.98. The van der Waals surface area contributed by atoms with E-state index >= 15 is 0 Å². The number of amides is 1. The van der Waals surface area contributed by atoms with Crippen molar-refractivity contribution in [3.8, 4) is 0 Å². The number of hydrogen-bond donors (Lipinski definition) is 1. The molecule has 7 nitrogen and oxygen atoms in total. The molecule has 0 atom stereocenters. The number of nitrogens with one attached hydrogen (secondary N) is 1. The van der Waals surface area contributed by atoms with Crippen molar-refractivity contribution in [1.29, 1.82) is 0 Å². The van der Waals surface area contributed by atoms with Gasteiger partial charge in [-0.15, -0.1) is 0 Å². The van der Waals surface area contributed by atoms with Gasteiger partial charge in [0.2, 0.25) is 4.80 Å². The molecule has 192 valence electrons. The largest absolute Gasteiger partial charge is 0.416 e. The van der Waals surface area contributed by atoms with Crippen molar-refractivity contribution in [2.24, 2.45) is 10.1 Å². The van der Waals surface area contributed by atoms with Crippen molar-refractivity contribution in [2.45, 2.75) is 65.6 Å². The second-order valence-corrected chi connectivity index (χ2v) is 10.2. The molecule has 2 heterocycles. The molecule has 0 unspecified atom stereocenters. The van der Waals surface area contributed by atoms with Crippen LogP contribution in [0.15, 0.2) is 46.5 Å². The average molecular weight is 519 g/mol. The Bertz CT molecular complexity index is 1320. The summed E-state index contributed by atoms with van der Waals surface area (Å²) < 4.78 is 41.9. The van der Waals surface area contributed by atoms with Gasteiger partial charge in [0.1, 0.15) is 5.01 Å². The number of aryl methyl sites for hydroxylation is 2. The molecular weight excluding hydrogens is 489 g/mol. The van der Waals surface area contributed by atoms with Gasteiger partial charge in [-0.1, -0.05) is 51.5 Å². The Balaban J connectivity index is 2.03. The SMILES string of the molecule is CCCCn1nc(C(C)(C)C)sc1=NC(=O)c1cc(C(F)(F)F)ccc1NN=Cc1cccc(C)n1. The molecule has 1 aromatic carbocycles. The molecule has 3 rings (SSSR count). The molecule has 0 aliphatic heterocycles. The minimum Gasteiger partial charge on any atom is -0.278 e. The van der Waals surface area contributed by atoms with Gasteiger partial charge in [0, 0.05) is 17.7 Å². The van der Waals surface area contributed by atoms with E-state index in [-0.39, 0.29) is 16.7 Å². The van der Waals surface area contributed by atoms with Crippen molar-refractivity contribution in [1.82, 2.24) is 14.8 Å². The number of rotatable bonds is 7. The van der Waals surface area contributed by atoms with Gasteiger partial charge in [-0.2, -0.15) is 28.4 Å². The highest BCUT2D eigenvalue weighted by molar-refractivity contribution is 7.09. The van der Waals surface area contributed by atoms with Gasteiger partial charge < -0.3 is 0 Å². The summed E-state index contributed by atoms with van der Waals surface area (Å²) in [6.07, 6.45) is -1.45. The summed E-state index contributed by atoms with van der Waals surface area (Å²) in [4.78, 5) is 22.0. The minimum atomic E-state index is -4.62. The molecule has 2 aromatic heterocycles. The van der Waals surface area contributed by atoms with Crippen LogP contribution in [0.2, 0.25) is 0 Å².